The molecule has 1 aliphatic heterocycles. The van der Waals surface area contributed by atoms with Gasteiger partial charge in [0.25, 0.3) is 5.91 Å². The smallest absolute Gasteiger partial charge is 0.251 e. The number of carbonyl (C=O) groups excluding carboxylic acids is 2. The Hall–Kier alpha value is -1.61. The van der Waals surface area contributed by atoms with Crippen molar-refractivity contribution in [1.82, 2.24) is 10.2 Å². The number of aliphatic hydroxyl groups excluding tert-OH is 1. The molecule has 0 aromatic carbocycles. The van der Waals surface area contributed by atoms with Gasteiger partial charge in [0, 0.05) is 19.0 Å². The average Bonchev–Trinajstić information content (AvgIpc) is 2.69. The van der Waals surface area contributed by atoms with Crippen molar-refractivity contribution in [3.63, 3.8) is 0 Å². The van der Waals surface area contributed by atoms with Gasteiger partial charge in [0.05, 0.1) is 12.6 Å². The van der Waals surface area contributed by atoms with Crippen LogP contribution in [0, 0.1) is 23.2 Å². The second-order valence-electron chi connectivity index (χ2n) is 6.42. The zero-order valence-corrected chi connectivity index (χ0v) is 13.0. The summed E-state index contributed by atoms with van der Waals surface area (Å²) in [5, 5.41) is 21.4. The SMILES string of the molecule is N#CC1CCC(CNC(=O)CN2CCCCC(O)C2=O)CC1. The number of nitriles is 1. The van der Waals surface area contributed by atoms with Crippen molar-refractivity contribution >= 4 is 11.8 Å². The molecule has 1 heterocycles. The Morgan fingerprint density at radius 2 is 2.00 bits per heavy atom. The van der Waals surface area contributed by atoms with E-state index in [1.807, 2.05) is 0 Å². The normalized spacial score (nSPS) is 29.5. The lowest BCUT2D eigenvalue weighted by atomic mass is 9.83. The first-order valence-electron chi connectivity index (χ1n) is 8.23. The lowest BCUT2D eigenvalue weighted by molar-refractivity contribution is -0.142. The Balaban J connectivity index is 1.71. The minimum atomic E-state index is -0.962. The van der Waals surface area contributed by atoms with Crippen molar-refractivity contribution in [3.8, 4) is 6.07 Å². The molecule has 0 aromatic rings. The summed E-state index contributed by atoms with van der Waals surface area (Å²) >= 11 is 0. The molecule has 6 nitrogen and oxygen atoms in total. The maximum atomic E-state index is 12.0. The van der Waals surface area contributed by atoms with Crippen LogP contribution in [0.15, 0.2) is 0 Å². The topological polar surface area (TPSA) is 93.4 Å². The fourth-order valence-corrected chi connectivity index (χ4v) is 3.22. The first-order valence-corrected chi connectivity index (χ1v) is 8.23. The molecule has 122 valence electrons. The van der Waals surface area contributed by atoms with Crippen LogP contribution in [0.1, 0.15) is 44.9 Å². The summed E-state index contributed by atoms with van der Waals surface area (Å²) in [4.78, 5) is 25.4. The lowest BCUT2D eigenvalue weighted by Gasteiger charge is -2.26. The van der Waals surface area contributed by atoms with Crippen LogP contribution in [-0.2, 0) is 9.59 Å². The van der Waals surface area contributed by atoms with Gasteiger partial charge >= 0.3 is 0 Å². The minimum Gasteiger partial charge on any atom is -0.383 e. The summed E-state index contributed by atoms with van der Waals surface area (Å²) < 4.78 is 0. The monoisotopic (exact) mass is 307 g/mol. The van der Waals surface area contributed by atoms with E-state index in [1.165, 1.54) is 4.90 Å². The molecule has 2 amide bonds. The second-order valence-corrected chi connectivity index (χ2v) is 6.42. The van der Waals surface area contributed by atoms with Gasteiger partial charge in [-0.15, -0.1) is 0 Å². The predicted octanol–water partition coefficient (Wildman–Crippen LogP) is 0.806. The van der Waals surface area contributed by atoms with Crippen LogP contribution in [0.25, 0.3) is 0 Å². The molecule has 2 rings (SSSR count). The molecule has 0 spiro atoms. The molecule has 6 heteroatoms. The predicted molar refractivity (Wildman–Crippen MR) is 80.5 cm³/mol. The third-order valence-electron chi connectivity index (χ3n) is 4.70. The molecule has 1 unspecified atom stereocenters. The molecule has 22 heavy (non-hydrogen) atoms. The van der Waals surface area contributed by atoms with E-state index in [1.54, 1.807) is 0 Å². The molecule has 2 fully saturated rings. The van der Waals surface area contributed by atoms with Crippen molar-refractivity contribution in [1.29, 1.82) is 5.26 Å². The van der Waals surface area contributed by atoms with Crippen LogP contribution < -0.4 is 5.32 Å². The Bertz CT molecular complexity index is 438. The highest BCUT2D eigenvalue weighted by atomic mass is 16.3. The Morgan fingerprint density at radius 3 is 2.68 bits per heavy atom. The van der Waals surface area contributed by atoms with Crippen LogP contribution >= 0.6 is 0 Å². The molecule has 2 N–H and O–H groups in total. The van der Waals surface area contributed by atoms with Gasteiger partial charge in [0.1, 0.15) is 6.10 Å². The maximum Gasteiger partial charge on any atom is 0.251 e. The van der Waals surface area contributed by atoms with E-state index in [0.717, 1.165) is 38.5 Å². The van der Waals surface area contributed by atoms with E-state index in [0.29, 0.717) is 25.4 Å². The number of likely N-dealkylation sites (tertiary alicyclic amines) is 1. The van der Waals surface area contributed by atoms with E-state index in [9.17, 15) is 14.7 Å². The van der Waals surface area contributed by atoms with Gasteiger partial charge in [-0.3, -0.25) is 9.59 Å². The number of rotatable bonds is 4. The van der Waals surface area contributed by atoms with Crippen molar-refractivity contribution in [2.75, 3.05) is 19.6 Å². The van der Waals surface area contributed by atoms with Crippen LogP contribution in [0.2, 0.25) is 0 Å². The van der Waals surface area contributed by atoms with E-state index in [4.69, 9.17) is 5.26 Å². The number of hydrogen-bond donors (Lipinski definition) is 2. The zero-order chi connectivity index (χ0) is 15.9. The summed E-state index contributed by atoms with van der Waals surface area (Å²) in [6.07, 6.45) is 4.93. The highest BCUT2D eigenvalue weighted by molar-refractivity contribution is 5.87. The van der Waals surface area contributed by atoms with Gasteiger partial charge < -0.3 is 15.3 Å². The van der Waals surface area contributed by atoms with Crippen molar-refractivity contribution < 1.29 is 14.7 Å². The van der Waals surface area contributed by atoms with Gasteiger partial charge in [-0.05, 0) is 50.9 Å². The molecule has 0 bridgehead atoms. The number of nitrogens with one attached hydrogen (secondary N) is 1. The summed E-state index contributed by atoms with van der Waals surface area (Å²) in [6, 6.07) is 2.30. The molecule has 1 atom stereocenters. The maximum absolute atomic E-state index is 12.0. The molecule has 1 saturated carbocycles. The number of aliphatic hydroxyl groups is 1. The molecule has 2 aliphatic rings. The zero-order valence-electron chi connectivity index (χ0n) is 13.0. The van der Waals surface area contributed by atoms with E-state index >= 15 is 0 Å². The lowest BCUT2D eigenvalue weighted by Crippen LogP contribution is -2.45. The first kappa shape index (κ1) is 16.8. The summed E-state index contributed by atoms with van der Waals surface area (Å²) in [6.45, 7) is 1.18. The molecular formula is C16H25N3O3. The number of amides is 2. The van der Waals surface area contributed by atoms with E-state index in [2.05, 4.69) is 11.4 Å². The van der Waals surface area contributed by atoms with Crippen LogP contribution in [-0.4, -0.2) is 47.6 Å². The summed E-state index contributed by atoms with van der Waals surface area (Å²) in [5.74, 6) is 0.106. The number of nitrogens with zero attached hydrogens (tertiary/aromatic N) is 2. The summed E-state index contributed by atoms with van der Waals surface area (Å²) in [5.41, 5.74) is 0. The highest BCUT2D eigenvalue weighted by Gasteiger charge is 2.27. The third-order valence-corrected chi connectivity index (χ3v) is 4.70. The Morgan fingerprint density at radius 1 is 1.27 bits per heavy atom. The Kier molecular flexibility index (Phi) is 6.20. The van der Waals surface area contributed by atoms with Gasteiger partial charge in [0.2, 0.25) is 5.91 Å². The molecule has 1 aliphatic carbocycles. The standard InChI is InChI=1S/C16H25N3O3/c17-9-12-4-6-13(7-5-12)10-18-15(21)11-19-8-2-1-3-14(20)16(19)22/h12-14,20H,1-8,10-11H2,(H,18,21). The van der Waals surface area contributed by atoms with Crippen LogP contribution in [0.5, 0.6) is 0 Å². The fraction of sp³-hybridized carbons (Fsp3) is 0.812. The van der Waals surface area contributed by atoms with Gasteiger partial charge in [-0.25, -0.2) is 0 Å². The van der Waals surface area contributed by atoms with Gasteiger partial charge in [-0.1, -0.05) is 0 Å². The van der Waals surface area contributed by atoms with Crippen molar-refractivity contribution in [3.05, 3.63) is 0 Å². The van der Waals surface area contributed by atoms with Crippen LogP contribution in [0.4, 0.5) is 0 Å². The largest absolute Gasteiger partial charge is 0.383 e. The van der Waals surface area contributed by atoms with E-state index < -0.39 is 6.10 Å². The van der Waals surface area contributed by atoms with Gasteiger partial charge in [-0.2, -0.15) is 5.26 Å². The quantitative estimate of drug-likeness (QED) is 0.803. The number of hydrogen-bond acceptors (Lipinski definition) is 4. The fourth-order valence-electron chi connectivity index (χ4n) is 3.22. The highest BCUT2D eigenvalue weighted by Crippen LogP contribution is 2.27. The Labute approximate surface area is 131 Å². The second kappa shape index (κ2) is 8.14. The molecule has 0 aromatic heterocycles. The van der Waals surface area contributed by atoms with Crippen LogP contribution in [0.3, 0.4) is 0 Å². The van der Waals surface area contributed by atoms with Gasteiger partial charge in [0.15, 0.2) is 0 Å². The first-order chi connectivity index (χ1) is 10.6. The molecular weight excluding hydrogens is 282 g/mol. The van der Waals surface area contributed by atoms with Crippen molar-refractivity contribution in [2.45, 2.75) is 51.0 Å². The van der Waals surface area contributed by atoms with E-state index in [-0.39, 0.29) is 24.3 Å². The summed E-state index contributed by atoms with van der Waals surface area (Å²) in [7, 11) is 0. The average molecular weight is 307 g/mol. The molecule has 0 radical (unpaired) electrons. The number of carbonyl (C=O) groups is 2. The minimum absolute atomic E-state index is 0.0312. The third kappa shape index (κ3) is 4.70. The molecule has 1 saturated heterocycles. The van der Waals surface area contributed by atoms with Crippen molar-refractivity contribution in [2.24, 2.45) is 11.8 Å².